The normalized spacial score (nSPS) is 24.0. The van der Waals surface area contributed by atoms with Crippen molar-refractivity contribution in [1.82, 2.24) is 15.0 Å². The number of nitrogens with one attached hydrogen (secondary N) is 1. The van der Waals surface area contributed by atoms with Gasteiger partial charge in [-0.25, -0.2) is 9.37 Å². The standard InChI is InChI=1S/C18H22FN5O/c19-14-11-21-18(23-17(14)24-7-3-4-8-24)22-16(12-9-13(25)10-12)15-5-1-2-6-20-15/h1-2,5-6,11-13,16,25H,3-4,7-10H2,(H,21,22,23). The Morgan fingerprint density at radius 2 is 2.00 bits per heavy atom. The SMILES string of the molecule is OC1CC(C(Nc2ncc(F)c(N3CCCC3)n2)c2ccccn2)C1. The average molecular weight is 343 g/mol. The first-order valence-corrected chi connectivity index (χ1v) is 8.84. The zero-order valence-corrected chi connectivity index (χ0v) is 14.0. The average Bonchev–Trinajstić information content (AvgIpc) is 3.14. The minimum Gasteiger partial charge on any atom is -0.393 e. The van der Waals surface area contributed by atoms with Crippen LogP contribution in [0.1, 0.15) is 37.4 Å². The quantitative estimate of drug-likeness (QED) is 0.869. The van der Waals surface area contributed by atoms with Crippen molar-refractivity contribution in [3.8, 4) is 0 Å². The van der Waals surface area contributed by atoms with Crippen LogP contribution in [-0.4, -0.2) is 39.3 Å². The van der Waals surface area contributed by atoms with E-state index in [9.17, 15) is 9.50 Å². The first-order valence-electron chi connectivity index (χ1n) is 8.84. The van der Waals surface area contributed by atoms with Gasteiger partial charge in [0.15, 0.2) is 11.6 Å². The van der Waals surface area contributed by atoms with Crippen molar-refractivity contribution in [3.63, 3.8) is 0 Å². The lowest BCUT2D eigenvalue weighted by atomic mass is 9.76. The maximum absolute atomic E-state index is 14.1. The second-order valence-electron chi connectivity index (χ2n) is 6.82. The molecule has 7 heteroatoms. The predicted molar refractivity (Wildman–Crippen MR) is 92.8 cm³/mol. The first kappa shape index (κ1) is 16.2. The number of anilines is 2. The van der Waals surface area contributed by atoms with E-state index >= 15 is 0 Å². The molecule has 2 aromatic rings. The summed E-state index contributed by atoms with van der Waals surface area (Å²) < 4.78 is 14.1. The highest BCUT2D eigenvalue weighted by Gasteiger charge is 2.36. The topological polar surface area (TPSA) is 74.2 Å². The lowest BCUT2D eigenvalue weighted by Crippen LogP contribution is -2.36. The van der Waals surface area contributed by atoms with Gasteiger partial charge in [-0.05, 0) is 43.7 Å². The molecule has 6 nitrogen and oxygen atoms in total. The Morgan fingerprint density at radius 3 is 2.68 bits per heavy atom. The molecule has 0 amide bonds. The molecule has 1 saturated heterocycles. The second-order valence-corrected chi connectivity index (χ2v) is 6.82. The molecule has 0 radical (unpaired) electrons. The van der Waals surface area contributed by atoms with E-state index in [4.69, 9.17) is 0 Å². The Morgan fingerprint density at radius 1 is 1.20 bits per heavy atom. The van der Waals surface area contributed by atoms with Crippen LogP contribution in [-0.2, 0) is 0 Å². The van der Waals surface area contributed by atoms with Crippen molar-refractivity contribution in [1.29, 1.82) is 0 Å². The Bertz CT molecular complexity index is 717. The molecule has 4 rings (SSSR count). The third kappa shape index (κ3) is 3.42. The van der Waals surface area contributed by atoms with Gasteiger partial charge in [0.2, 0.25) is 5.95 Å². The molecule has 1 atom stereocenters. The van der Waals surface area contributed by atoms with Gasteiger partial charge < -0.3 is 15.3 Å². The van der Waals surface area contributed by atoms with Crippen molar-refractivity contribution in [2.24, 2.45) is 5.92 Å². The highest BCUT2D eigenvalue weighted by atomic mass is 19.1. The van der Waals surface area contributed by atoms with Crippen LogP contribution >= 0.6 is 0 Å². The van der Waals surface area contributed by atoms with Crippen LogP contribution in [0.2, 0.25) is 0 Å². The molecule has 25 heavy (non-hydrogen) atoms. The van der Waals surface area contributed by atoms with E-state index in [2.05, 4.69) is 20.3 Å². The van der Waals surface area contributed by atoms with Gasteiger partial charge >= 0.3 is 0 Å². The van der Waals surface area contributed by atoms with E-state index in [1.807, 2.05) is 23.1 Å². The third-order valence-corrected chi connectivity index (χ3v) is 5.04. The molecule has 2 fully saturated rings. The van der Waals surface area contributed by atoms with E-state index in [0.29, 0.717) is 24.6 Å². The monoisotopic (exact) mass is 343 g/mol. The van der Waals surface area contributed by atoms with Gasteiger partial charge in [0.1, 0.15) is 0 Å². The number of hydrogen-bond donors (Lipinski definition) is 2. The van der Waals surface area contributed by atoms with E-state index < -0.39 is 0 Å². The zero-order chi connectivity index (χ0) is 17.2. The molecule has 1 aliphatic heterocycles. The van der Waals surface area contributed by atoms with Gasteiger partial charge in [0.25, 0.3) is 0 Å². The van der Waals surface area contributed by atoms with Gasteiger partial charge in [-0.2, -0.15) is 4.98 Å². The molecule has 0 bridgehead atoms. The molecule has 3 heterocycles. The van der Waals surface area contributed by atoms with Gasteiger partial charge in [0.05, 0.1) is 24.0 Å². The number of aliphatic hydroxyl groups is 1. The van der Waals surface area contributed by atoms with Gasteiger partial charge in [-0.1, -0.05) is 6.07 Å². The summed E-state index contributed by atoms with van der Waals surface area (Å²) in [7, 11) is 0. The number of nitrogens with zero attached hydrogens (tertiary/aromatic N) is 4. The van der Waals surface area contributed by atoms with Crippen LogP contribution in [0.25, 0.3) is 0 Å². The summed E-state index contributed by atoms with van der Waals surface area (Å²) >= 11 is 0. The molecule has 132 valence electrons. The number of pyridine rings is 1. The highest BCUT2D eigenvalue weighted by Crippen LogP contribution is 2.39. The van der Waals surface area contributed by atoms with Crippen LogP contribution in [0.3, 0.4) is 0 Å². The highest BCUT2D eigenvalue weighted by molar-refractivity contribution is 5.45. The van der Waals surface area contributed by atoms with E-state index in [1.165, 1.54) is 6.20 Å². The number of hydrogen-bond acceptors (Lipinski definition) is 6. The summed E-state index contributed by atoms with van der Waals surface area (Å²) in [6, 6.07) is 5.66. The Kier molecular flexibility index (Phi) is 4.48. The first-order chi connectivity index (χ1) is 12.2. The smallest absolute Gasteiger partial charge is 0.225 e. The van der Waals surface area contributed by atoms with Crippen LogP contribution in [0.4, 0.5) is 16.2 Å². The van der Waals surface area contributed by atoms with Crippen molar-refractivity contribution >= 4 is 11.8 Å². The Balaban J connectivity index is 1.58. The number of aromatic nitrogens is 3. The number of rotatable bonds is 5. The Hall–Kier alpha value is -2.28. The summed E-state index contributed by atoms with van der Waals surface area (Å²) in [4.78, 5) is 14.9. The third-order valence-electron chi connectivity index (χ3n) is 5.04. The van der Waals surface area contributed by atoms with Crippen LogP contribution in [0, 0.1) is 11.7 Å². The second kappa shape index (κ2) is 6.92. The van der Waals surface area contributed by atoms with Gasteiger partial charge in [-0.3, -0.25) is 4.98 Å². The maximum atomic E-state index is 14.1. The minimum atomic E-state index is -0.388. The molecule has 2 aliphatic rings. The van der Waals surface area contributed by atoms with E-state index in [-0.39, 0.29) is 23.9 Å². The molecular weight excluding hydrogens is 321 g/mol. The molecule has 1 saturated carbocycles. The summed E-state index contributed by atoms with van der Waals surface area (Å²) in [5, 5.41) is 13.0. The lowest BCUT2D eigenvalue weighted by Gasteiger charge is -2.37. The largest absolute Gasteiger partial charge is 0.393 e. The van der Waals surface area contributed by atoms with Crippen molar-refractivity contribution in [3.05, 3.63) is 42.1 Å². The molecule has 1 aliphatic carbocycles. The van der Waals surface area contributed by atoms with E-state index in [1.54, 1.807) is 6.20 Å². The molecule has 2 aromatic heterocycles. The fourth-order valence-electron chi connectivity index (χ4n) is 3.61. The van der Waals surface area contributed by atoms with Crippen LogP contribution in [0.5, 0.6) is 0 Å². The fourth-order valence-corrected chi connectivity index (χ4v) is 3.61. The van der Waals surface area contributed by atoms with Gasteiger partial charge in [0, 0.05) is 19.3 Å². The van der Waals surface area contributed by atoms with Crippen LogP contribution in [0.15, 0.2) is 30.6 Å². The number of aliphatic hydroxyl groups excluding tert-OH is 1. The molecule has 1 unspecified atom stereocenters. The molecule has 0 aromatic carbocycles. The van der Waals surface area contributed by atoms with Crippen molar-refractivity contribution < 1.29 is 9.50 Å². The zero-order valence-electron chi connectivity index (χ0n) is 14.0. The summed E-state index contributed by atoms with van der Waals surface area (Å²) in [5.74, 6) is 0.637. The maximum Gasteiger partial charge on any atom is 0.225 e. The minimum absolute atomic E-state index is 0.0958. The summed E-state index contributed by atoms with van der Waals surface area (Å²) in [5.41, 5.74) is 0.884. The molecule has 0 spiro atoms. The summed E-state index contributed by atoms with van der Waals surface area (Å²) in [6.07, 6.45) is 6.27. The Labute approximate surface area is 146 Å². The summed E-state index contributed by atoms with van der Waals surface area (Å²) in [6.45, 7) is 1.65. The predicted octanol–water partition coefficient (Wildman–Crippen LogP) is 2.54. The van der Waals surface area contributed by atoms with E-state index in [0.717, 1.165) is 31.6 Å². The van der Waals surface area contributed by atoms with Crippen LogP contribution < -0.4 is 10.2 Å². The van der Waals surface area contributed by atoms with Crippen molar-refractivity contribution in [2.75, 3.05) is 23.3 Å². The molecular formula is C18H22FN5O. The molecule has 2 N–H and O–H groups in total. The lowest BCUT2D eigenvalue weighted by molar-refractivity contribution is 0.0333. The fraction of sp³-hybridized carbons (Fsp3) is 0.500. The number of halogens is 1. The van der Waals surface area contributed by atoms with Crippen molar-refractivity contribution in [2.45, 2.75) is 37.8 Å². The van der Waals surface area contributed by atoms with Gasteiger partial charge in [-0.15, -0.1) is 0 Å².